The highest BCUT2D eigenvalue weighted by atomic mass is 35.5. The van der Waals surface area contributed by atoms with Crippen LogP contribution in [0.5, 0.6) is 0 Å². The van der Waals surface area contributed by atoms with Gasteiger partial charge in [0, 0.05) is 13.6 Å². The van der Waals surface area contributed by atoms with Crippen LogP contribution in [0.2, 0.25) is 5.15 Å². The minimum Gasteiger partial charge on any atom is -0.354 e. The summed E-state index contributed by atoms with van der Waals surface area (Å²) in [6.07, 6.45) is 0. The molecule has 0 spiro atoms. The lowest BCUT2D eigenvalue weighted by molar-refractivity contribution is -0.121. The van der Waals surface area contributed by atoms with Crippen molar-refractivity contribution in [1.29, 1.82) is 0 Å². The summed E-state index contributed by atoms with van der Waals surface area (Å²) in [5.74, 6) is -0.206. The van der Waals surface area contributed by atoms with Crippen LogP contribution in [0.25, 0.3) is 0 Å². The molecule has 104 valence electrons. The van der Waals surface area contributed by atoms with E-state index >= 15 is 0 Å². The molecule has 0 radical (unpaired) electrons. The molecule has 0 atom stereocenters. The quantitative estimate of drug-likeness (QED) is 0.874. The van der Waals surface area contributed by atoms with E-state index in [0.29, 0.717) is 12.5 Å². The number of hydrogen-bond donors (Lipinski definition) is 1. The molecule has 19 heavy (non-hydrogen) atoms. The van der Waals surface area contributed by atoms with Crippen LogP contribution >= 0.6 is 11.6 Å². The SMILES string of the molecule is CC(C)CNC(=O)CN(C)C(=O)c1ccc(Cl)nn1. The largest absolute Gasteiger partial charge is 0.354 e. The molecule has 1 aromatic rings. The number of hydrogen-bond acceptors (Lipinski definition) is 4. The van der Waals surface area contributed by atoms with Crippen LogP contribution in [0.1, 0.15) is 24.3 Å². The highest BCUT2D eigenvalue weighted by molar-refractivity contribution is 6.29. The van der Waals surface area contributed by atoms with Crippen molar-refractivity contribution in [2.45, 2.75) is 13.8 Å². The fourth-order valence-electron chi connectivity index (χ4n) is 1.29. The minimum atomic E-state index is -0.371. The van der Waals surface area contributed by atoms with E-state index in [2.05, 4.69) is 15.5 Å². The van der Waals surface area contributed by atoms with E-state index in [1.54, 1.807) is 0 Å². The number of rotatable bonds is 5. The third kappa shape index (κ3) is 5.21. The first kappa shape index (κ1) is 15.4. The number of nitrogens with one attached hydrogen (secondary N) is 1. The second-order valence-electron chi connectivity index (χ2n) is 4.60. The molecule has 1 N–H and O–H groups in total. The predicted octanol–water partition coefficient (Wildman–Crippen LogP) is 0.974. The topological polar surface area (TPSA) is 75.2 Å². The maximum absolute atomic E-state index is 11.9. The lowest BCUT2D eigenvalue weighted by atomic mass is 10.2. The number of likely N-dealkylation sites (N-methyl/N-ethyl adjacent to an activating group) is 1. The number of nitrogens with zero attached hydrogens (tertiary/aromatic N) is 3. The van der Waals surface area contributed by atoms with Gasteiger partial charge in [-0.1, -0.05) is 25.4 Å². The van der Waals surface area contributed by atoms with Gasteiger partial charge in [-0.2, -0.15) is 0 Å². The Labute approximate surface area is 117 Å². The van der Waals surface area contributed by atoms with Crippen molar-refractivity contribution in [3.63, 3.8) is 0 Å². The minimum absolute atomic E-state index is 0.0180. The summed E-state index contributed by atoms with van der Waals surface area (Å²) in [6, 6.07) is 2.95. The van der Waals surface area contributed by atoms with E-state index in [-0.39, 0.29) is 29.2 Å². The molecule has 7 heteroatoms. The van der Waals surface area contributed by atoms with E-state index in [0.717, 1.165) is 0 Å². The summed E-state index contributed by atoms with van der Waals surface area (Å²) in [5, 5.41) is 10.2. The average molecular weight is 285 g/mol. The van der Waals surface area contributed by atoms with E-state index in [4.69, 9.17) is 11.6 Å². The third-order valence-corrected chi connectivity index (χ3v) is 2.49. The molecule has 1 rings (SSSR count). The molecule has 0 aromatic carbocycles. The van der Waals surface area contributed by atoms with E-state index in [1.165, 1.54) is 24.1 Å². The van der Waals surface area contributed by atoms with Gasteiger partial charge in [0.05, 0.1) is 6.54 Å². The summed E-state index contributed by atoms with van der Waals surface area (Å²) in [4.78, 5) is 24.8. The van der Waals surface area contributed by atoms with Gasteiger partial charge in [-0.25, -0.2) is 0 Å². The van der Waals surface area contributed by atoms with Crippen molar-refractivity contribution in [1.82, 2.24) is 20.4 Å². The summed E-state index contributed by atoms with van der Waals surface area (Å²) in [5.41, 5.74) is 0.156. The third-order valence-electron chi connectivity index (χ3n) is 2.29. The van der Waals surface area contributed by atoms with Gasteiger partial charge in [0.25, 0.3) is 5.91 Å². The lowest BCUT2D eigenvalue weighted by Gasteiger charge is -2.16. The van der Waals surface area contributed by atoms with Crippen molar-refractivity contribution in [3.8, 4) is 0 Å². The Morgan fingerprint density at radius 1 is 1.37 bits per heavy atom. The van der Waals surface area contributed by atoms with Crippen LogP contribution in [0.15, 0.2) is 12.1 Å². The number of carbonyl (C=O) groups excluding carboxylic acids is 2. The van der Waals surface area contributed by atoms with Crippen molar-refractivity contribution in [2.24, 2.45) is 5.92 Å². The molecule has 0 saturated heterocycles. The molecule has 0 saturated carbocycles. The zero-order chi connectivity index (χ0) is 14.4. The maximum atomic E-state index is 11.9. The van der Waals surface area contributed by atoms with Crippen LogP contribution in [-0.4, -0.2) is 47.0 Å². The molecule has 0 aliphatic carbocycles. The molecular weight excluding hydrogens is 268 g/mol. The Hall–Kier alpha value is -1.69. The fourth-order valence-corrected chi connectivity index (χ4v) is 1.39. The van der Waals surface area contributed by atoms with Gasteiger partial charge in [-0.3, -0.25) is 9.59 Å². The number of halogens is 1. The molecule has 0 aliphatic rings. The monoisotopic (exact) mass is 284 g/mol. The van der Waals surface area contributed by atoms with Crippen LogP contribution in [0, 0.1) is 5.92 Å². The Balaban J connectivity index is 2.53. The number of carbonyl (C=O) groups is 2. The van der Waals surface area contributed by atoms with E-state index in [1.807, 2.05) is 13.8 Å². The molecule has 0 aliphatic heterocycles. The van der Waals surface area contributed by atoms with Crippen molar-refractivity contribution in [3.05, 3.63) is 23.0 Å². The molecule has 1 heterocycles. The molecular formula is C12H17ClN4O2. The normalized spacial score (nSPS) is 10.4. The first-order chi connectivity index (χ1) is 8.90. The Morgan fingerprint density at radius 3 is 2.58 bits per heavy atom. The molecule has 6 nitrogen and oxygen atoms in total. The zero-order valence-electron chi connectivity index (χ0n) is 11.2. The van der Waals surface area contributed by atoms with Gasteiger partial charge in [-0.15, -0.1) is 10.2 Å². The van der Waals surface area contributed by atoms with Gasteiger partial charge in [0.1, 0.15) is 0 Å². The first-order valence-electron chi connectivity index (χ1n) is 5.91. The predicted molar refractivity (Wildman–Crippen MR) is 71.9 cm³/mol. The highest BCUT2D eigenvalue weighted by Gasteiger charge is 2.16. The summed E-state index contributed by atoms with van der Waals surface area (Å²) in [6.45, 7) is 4.56. The summed E-state index contributed by atoms with van der Waals surface area (Å²) in [7, 11) is 1.54. The van der Waals surface area contributed by atoms with E-state index in [9.17, 15) is 9.59 Å². The molecule has 0 unspecified atom stereocenters. The summed E-state index contributed by atoms with van der Waals surface area (Å²) >= 11 is 5.59. The Bertz CT molecular complexity index is 448. The van der Waals surface area contributed by atoms with Gasteiger partial charge >= 0.3 is 0 Å². The number of amides is 2. The Kier molecular flexibility index (Phi) is 5.69. The smallest absolute Gasteiger partial charge is 0.274 e. The molecule has 2 amide bonds. The molecule has 0 fully saturated rings. The maximum Gasteiger partial charge on any atom is 0.274 e. The summed E-state index contributed by atoms with van der Waals surface area (Å²) < 4.78 is 0. The Morgan fingerprint density at radius 2 is 2.05 bits per heavy atom. The van der Waals surface area contributed by atoms with Crippen molar-refractivity contribution >= 4 is 23.4 Å². The number of aromatic nitrogens is 2. The standard InChI is InChI=1S/C12H17ClN4O2/c1-8(2)6-14-11(18)7-17(3)12(19)9-4-5-10(13)16-15-9/h4-5,8H,6-7H2,1-3H3,(H,14,18). The second-order valence-corrected chi connectivity index (χ2v) is 4.99. The highest BCUT2D eigenvalue weighted by Crippen LogP contribution is 2.04. The van der Waals surface area contributed by atoms with Gasteiger partial charge in [0.2, 0.25) is 5.91 Å². The fraction of sp³-hybridized carbons (Fsp3) is 0.500. The van der Waals surface area contributed by atoms with Crippen molar-refractivity contribution < 1.29 is 9.59 Å². The van der Waals surface area contributed by atoms with Crippen LogP contribution in [0.4, 0.5) is 0 Å². The average Bonchev–Trinajstić information content (AvgIpc) is 2.36. The van der Waals surface area contributed by atoms with Crippen LogP contribution in [-0.2, 0) is 4.79 Å². The van der Waals surface area contributed by atoms with Gasteiger partial charge in [0.15, 0.2) is 10.8 Å². The first-order valence-corrected chi connectivity index (χ1v) is 6.29. The van der Waals surface area contributed by atoms with Gasteiger partial charge < -0.3 is 10.2 Å². The second kappa shape index (κ2) is 7.04. The van der Waals surface area contributed by atoms with Crippen LogP contribution < -0.4 is 5.32 Å². The molecule has 0 bridgehead atoms. The zero-order valence-corrected chi connectivity index (χ0v) is 11.9. The van der Waals surface area contributed by atoms with Crippen molar-refractivity contribution in [2.75, 3.05) is 20.1 Å². The molecule has 1 aromatic heterocycles. The lowest BCUT2D eigenvalue weighted by Crippen LogP contribution is -2.39. The van der Waals surface area contributed by atoms with Gasteiger partial charge in [-0.05, 0) is 18.1 Å². The van der Waals surface area contributed by atoms with Crippen LogP contribution in [0.3, 0.4) is 0 Å². The van der Waals surface area contributed by atoms with E-state index < -0.39 is 0 Å².